The van der Waals surface area contributed by atoms with Gasteiger partial charge in [-0.1, -0.05) is 0 Å². The molecule has 0 saturated carbocycles. The Kier molecular flexibility index (Phi) is 5.01. The zero-order valence-electron chi connectivity index (χ0n) is 15.6. The number of hydrogen-bond acceptors (Lipinski definition) is 4. The maximum absolute atomic E-state index is 13.8. The number of nitrogens with one attached hydrogen (secondary N) is 1. The number of anilines is 1. The van der Waals surface area contributed by atoms with Crippen LogP contribution in [0.4, 0.5) is 27.6 Å². The number of carbonyl (C=O) groups is 1. The summed E-state index contributed by atoms with van der Waals surface area (Å²) in [6.45, 7) is 0. The van der Waals surface area contributed by atoms with Crippen molar-refractivity contribution in [2.45, 2.75) is 0 Å². The average Bonchev–Trinajstić information content (AvgIpc) is 3.20. The highest BCUT2D eigenvalue weighted by Crippen LogP contribution is 2.25. The summed E-state index contributed by atoms with van der Waals surface area (Å²) in [4.78, 5) is 13.5. The van der Waals surface area contributed by atoms with Gasteiger partial charge in [-0.15, -0.1) is 10.2 Å². The molecule has 0 aliphatic rings. The second-order valence-electron chi connectivity index (χ2n) is 6.29. The lowest BCUT2D eigenvalue weighted by Crippen LogP contribution is -2.19. The fraction of sp³-hybridized carbons (Fsp3) is 0.0500. The van der Waals surface area contributed by atoms with E-state index in [2.05, 4.69) is 15.5 Å². The lowest BCUT2D eigenvalue weighted by Gasteiger charge is -2.09. The standard InChI is InChI=1S/C20H11F5N4O2/c1-31-11-5-3-10(4-6-11)29-27-12-7-2-9(8-13(12)28-29)26-20(30)14-15(21)17(23)19(25)18(24)16(14)22/h2-8H,1H3,(H,26,30). The van der Waals surface area contributed by atoms with E-state index in [1.165, 1.54) is 30.1 Å². The van der Waals surface area contributed by atoms with Gasteiger partial charge in [-0.25, -0.2) is 22.0 Å². The van der Waals surface area contributed by atoms with Gasteiger partial charge in [-0.3, -0.25) is 4.79 Å². The van der Waals surface area contributed by atoms with Gasteiger partial charge in [0, 0.05) is 5.69 Å². The van der Waals surface area contributed by atoms with E-state index in [9.17, 15) is 26.7 Å². The highest BCUT2D eigenvalue weighted by molar-refractivity contribution is 6.05. The van der Waals surface area contributed by atoms with E-state index in [0.29, 0.717) is 22.5 Å². The number of methoxy groups -OCH3 is 1. The topological polar surface area (TPSA) is 69.0 Å². The van der Waals surface area contributed by atoms with Crippen LogP contribution in [0.2, 0.25) is 0 Å². The molecular formula is C20H11F5N4O2. The van der Waals surface area contributed by atoms with Crippen LogP contribution in [0.1, 0.15) is 10.4 Å². The molecule has 0 bridgehead atoms. The molecule has 4 rings (SSSR count). The Bertz CT molecular complexity index is 1290. The maximum Gasteiger partial charge on any atom is 0.261 e. The van der Waals surface area contributed by atoms with Crippen molar-refractivity contribution < 1.29 is 31.5 Å². The molecule has 0 radical (unpaired) electrons. The van der Waals surface area contributed by atoms with Crippen LogP contribution in [0.15, 0.2) is 42.5 Å². The minimum Gasteiger partial charge on any atom is -0.497 e. The molecule has 6 nitrogen and oxygen atoms in total. The van der Waals surface area contributed by atoms with Crippen LogP contribution in [0.25, 0.3) is 16.7 Å². The first kappa shape index (κ1) is 20.3. The Morgan fingerprint density at radius 2 is 1.42 bits per heavy atom. The van der Waals surface area contributed by atoms with Crippen molar-refractivity contribution in [3.05, 3.63) is 77.1 Å². The van der Waals surface area contributed by atoms with Gasteiger partial charge in [0.05, 0.1) is 12.8 Å². The number of halogens is 5. The first-order chi connectivity index (χ1) is 14.8. The fourth-order valence-corrected chi connectivity index (χ4v) is 2.82. The minimum atomic E-state index is -2.34. The number of aromatic nitrogens is 3. The van der Waals surface area contributed by atoms with Crippen LogP contribution in [0.3, 0.4) is 0 Å². The molecule has 0 spiro atoms. The van der Waals surface area contributed by atoms with E-state index >= 15 is 0 Å². The number of hydrogen-bond donors (Lipinski definition) is 1. The van der Waals surface area contributed by atoms with Gasteiger partial charge in [-0.2, -0.15) is 4.80 Å². The van der Waals surface area contributed by atoms with Crippen LogP contribution in [-0.4, -0.2) is 28.0 Å². The van der Waals surface area contributed by atoms with E-state index in [-0.39, 0.29) is 5.69 Å². The Hall–Kier alpha value is -4.02. The molecule has 1 aromatic heterocycles. The summed E-state index contributed by atoms with van der Waals surface area (Å²) >= 11 is 0. The van der Waals surface area contributed by atoms with Crippen molar-refractivity contribution in [3.63, 3.8) is 0 Å². The van der Waals surface area contributed by atoms with Crippen LogP contribution in [-0.2, 0) is 0 Å². The molecule has 11 heteroatoms. The number of benzene rings is 3. The van der Waals surface area contributed by atoms with Gasteiger partial charge in [-0.05, 0) is 42.5 Å². The lowest BCUT2D eigenvalue weighted by atomic mass is 10.1. The molecule has 0 unspecified atom stereocenters. The van der Waals surface area contributed by atoms with Gasteiger partial charge < -0.3 is 10.1 Å². The predicted molar refractivity (Wildman–Crippen MR) is 99.6 cm³/mol. The number of ether oxygens (including phenoxy) is 1. The highest BCUT2D eigenvalue weighted by atomic mass is 19.2. The normalized spacial score (nSPS) is 11.0. The van der Waals surface area contributed by atoms with E-state index in [0.717, 1.165) is 0 Å². The van der Waals surface area contributed by atoms with Crippen LogP contribution < -0.4 is 10.1 Å². The minimum absolute atomic E-state index is 0.0169. The SMILES string of the molecule is COc1ccc(-n2nc3ccc(NC(=O)c4c(F)c(F)c(F)c(F)c4F)cc3n2)cc1. The number of nitrogens with zero attached hydrogens (tertiary/aromatic N) is 3. The van der Waals surface area contributed by atoms with Gasteiger partial charge in [0.15, 0.2) is 23.3 Å². The van der Waals surface area contributed by atoms with E-state index < -0.39 is 40.6 Å². The van der Waals surface area contributed by atoms with Gasteiger partial charge in [0.2, 0.25) is 5.82 Å². The summed E-state index contributed by atoms with van der Waals surface area (Å²) in [5.74, 6) is -12.1. The molecular weight excluding hydrogens is 423 g/mol. The van der Waals surface area contributed by atoms with Gasteiger partial charge in [0.1, 0.15) is 22.3 Å². The summed E-state index contributed by atoms with van der Waals surface area (Å²) in [5.41, 5.74) is -0.207. The largest absolute Gasteiger partial charge is 0.497 e. The Labute approximate surface area is 170 Å². The average molecular weight is 434 g/mol. The van der Waals surface area contributed by atoms with Crippen molar-refractivity contribution in [2.24, 2.45) is 0 Å². The second-order valence-corrected chi connectivity index (χ2v) is 6.29. The summed E-state index contributed by atoms with van der Waals surface area (Å²) < 4.78 is 72.6. The number of amides is 1. The van der Waals surface area contributed by atoms with Crippen LogP contribution in [0.5, 0.6) is 5.75 Å². The highest BCUT2D eigenvalue weighted by Gasteiger charge is 2.29. The zero-order chi connectivity index (χ0) is 22.3. The quantitative estimate of drug-likeness (QED) is 0.294. The smallest absolute Gasteiger partial charge is 0.261 e. The molecule has 1 amide bonds. The van der Waals surface area contributed by atoms with Gasteiger partial charge in [0.25, 0.3) is 5.91 Å². The number of rotatable bonds is 4. The van der Waals surface area contributed by atoms with Crippen LogP contribution in [0, 0.1) is 29.1 Å². The molecule has 158 valence electrons. The van der Waals surface area contributed by atoms with E-state index in [1.54, 1.807) is 24.3 Å². The molecule has 1 heterocycles. The molecule has 0 fully saturated rings. The lowest BCUT2D eigenvalue weighted by molar-refractivity contribution is 0.101. The molecule has 3 aromatic carbocycles. The summed E-state index contributed by atoms with van der Waals surface area (Å²) in [6.07, 6.45) is 0. The first-order valence-corrected chi connectivity index (χ1v) is 8.64. The molecule has 0 saturated heterocycles. The summed E-state index contributed by atoms with van der Waals surface area (Å²) in [5, 5.41) is 10.6. The Balaban J connectivity index is 1.64. The Morgan fingerprint density at radius 3 is 2.03 bits per heavy atom. The van der Waals surface area contributed by atoms with Crippen molar-refractivity contribution >= 4 is 22.6 Å². The molecule has 31 heavy (non-hydrogen) atoms. The first-order valence-electron chi connectivity index (χ1n) is 8.64. The van der Waals surface area contributed by atoms with Crippen molar-refractivity contribution in [1.82, 2.24) is 15.0 Å². The number of fused-ring (bicyclic) bond motifs is 1. The predicted octanol–water partition coefficient (Wildman–Crippen LogP) is 4.38. The molecule has 4 aromatic rings. The Morgan fingerprint density at radius 1 is 0.839 bits per heavy atom. The third-order valence-corrected chi connectivity index (χ3v) is 4.38. The van der Waals surface area contributed by atoms with Crippen molar-refractivity contribution in [2.75, 3.05) is 12.4 Å². The molecule has 0 aliphatic heterocycles. The van der Waals surface area contributed by atoms with E-state index in [1.807, 2.05) is 0 Å². The zero-order valence-corrected chi connectivity index (χ0v) is 15.6. The molecule has 1 N–H and O–H groups in total. The second kappa shape index (κ2) is 7.67. The van der Waals surface area contributed by atoms with Crippen molar-refractivity contribution in [3.8, 4) is 11.4 Å². The fourth-order valence-electron chi connectivity index (χ4n) is 2.82. The molecule has 0 aliphatic carbocycles. The van der Waals surface area contributed by atoms with Crippen LogP contribution >= 0.6 is 0 Å². The summed E-state index contributed by atoms with van der Waals surface area (Å²) in [7, 11) is 1.53. The monoisotopic (exact) mass is 434 g/mol. The molecule has 0 atom stereocenters. The number of carbonyl (C=O) groups excluding carboxylic acids is 1. The third kappa shape index (κ3) is 3.54. The van der Waals surface area contributed by atoms with Gasteiger partial charge >= 0.3 is 0 Å². The van der Waals surface area contributed by atoms with E-state index in [4.69, 9.17) is 4.74 Å². The maximum atomic E-state index is 13.8. The third-order valence-electron chi connectivity index (χ3n) is 4.38. The summed E-state index contributed by atoms with van der Waals surface area (Å²) in [6, 6.07) is 11.0. The van der Waals surface area contributed by atoms with Crippen molar-refractivity contribution in [1.29, 1.82) is 0 Å².